The molecule has 0 heterocycles. The molecule has 13 heteroatoms. The summed E-state index contributed by atoms with van der Waals surface area (Å²) in [4.78, 5) is 0. The molecule has 2 atom stereocenters. The van der Waals surface area contributed by atoms with E-state index in [2.05, 4.69) is 13.8 Å². The molecule has 0 spiro atoms. The lowest BCUT2D eigenvalue weighted by molar-refractivity contribution is -0.945. The van der Waals surface area contributed by atoms with Crippen molar-refractivity contribution in [1.82, 2.24) is 0 Å². The summed E-state index contributed by atoms with van der Waals surface area (Å²) in [7, 11) is -5.17. The van der Waals surface area contributed by atoms with Crippen LogP contribution in [0.3, 0.4) is 0 Å². The highest BCUT2D eigenvalue weighted by Gasteiger charge is 2.25. The van der Waals surface area contributed by atoms with E-state index in [-0.39, 0.29) is 39.9 Å². The standard InChI is InChI=1S/2C24H52NO3.H2O4S/c2*1-2-3-4-5-6-7-8-9-10-11-12-13-14-15-16-17-19-25(24-28,21-23-27)20-18-22-26;1-5(2,3)4/h2*26-28H,2-24H2,1H3;(H2,1,2,3,4)/q2*+1;/p-2. The van der Waals surface area contributed by atoms with Crippen molar-refractivity contribution in [2.75, 3.05) is 79.2 Å². The third-order valence-corrected chi connectivity index (χ3v) is 12.3. The van der Waals surface area contributed by atoms with E-state index in [1.165, 1.54) is 193 Å². The van der Waals surface area contributed by atoms with Gasteiger partial charge in [0.1, 0.15) is 13.1 Å². The van der Waals surface area contributed by atoms with E-state index < -0.39 is 10.4 Å². The van der Waals surface area contributed by atoms with E-state index >= 15 is 0 Å². The molecule has 0 aromatic rings. The number of aliphatic hydroxyl groups excluding tert-OH is 6. The van der Waals surface area contributed by atoms with Crippen LogP contribution < -0.4 is 0 Å². The zero-order valence-electron chi connectivity index (χ0n) is 40.1. The Bertz CT molecular complexity index is 870. The van der Waals surface area contributed by atoms with Gasteiger partial charge >= 0.3 is 0 Å². The van der Waals surface area contributed by atoms with Gasteiger partial charge in [-0.05, 0) is 25.7 Å². The van der Waals surface area contributed by atoms with Gasteiger partial charge in [-0.3, -0.25) is 17.4 Å². The number of hydrogen-bond acceptors (Lipinski definition) is 10. The van der Waals surface area contributed by atoms with Crippen molar-refractivity contribution in [1.29, 1.82) is 0 Å². The van der Waals surface area contributed by atoms with Gasteiger partial charge < -0.3 is 39.7 Å². The van der Waals surface area contributed by atoms with E-state index in [1.54, 1.807) is 0 Å². The Morgan fingerprint density at radius 3 is 0.639 bits per heavy atom. The first-order chi connectivity index (χ1) is 29.5. The molecular formula is C48H104N2O10S. The van der Waals surface area contributed by atoms with Gasteiger partial charge in [0.15, 0.2) is 13.5 Å². The average Bonchev–Trinajstić information content (AvgIpc) is 3.24. The van der Waals surface area contributed by atoms with Crippen LogP contribution in [0.25, 0.3) is 0 Å². The SMILES string of the molecule is CCCCCCCCCCCCCCCCCC[N+](CO)(CCO)CCCO.CCCCCCCCCCCCCCCCCC[N+](CO)(CCO)CCCO.O=S(=O)([O-])[O-]. The molecule has 0 aliphatic carbocycles. The molecule has 0 radical (unpaired) electrons. The minimum atomic E-state index is -5.17. The first kappa shape index (κ1) is 64.8. The monoisotopic (exact) mass is 901 g/mol. The lowest BCUT2D eigenvalue weighted by Crippen LogP contribution is -2.52. The van der Waals surface area contributed by atoms with E-state index in [0.29, 0.717) is 34.9 Å². The molecule has 0 saturated heterocycles. The third-order valence-electron chi connectivity index (χ3n) is 12.3. The molecule has 0 fully saturated rings. The van der Waals surface area contributed by atoms with Crippen molar-refractivity contribution >= 4 is 10.4 Å². The summed E-state index contributed by atoms with van der Waals surface area (Å²) < 4.78 is 35.2. The van der Waals surface area contributed by atoms with Crippen LogP contribution in [0.4, 0.5) is 0 Å². The van der Waals surface area contributed by atoms with Crippen LogP contribution in [0.5, 0.6) is 0 Å². The fourth-order valence-electron chi connectivity index (χ4n) is 8.32. The molecule has 2 unspecified atom stereocenters. The molecule has 0 aromatic heterocycles. The molecule has 0 bridgehead atoms. The van der Waals surface area contributed by atoms with Gasteiger partial charge in [-0.15, -0.1) is 0 Å². The number of hydrogen-bond donors (Lipinski definition) is 6. The number of quaternary nitrogens is 2. The normalized spacial score (nSPS) is 13.5. The second-order valence-electron chi connectivity index (χ2n) is 17.9. The van der Waals surface area contributed by atoms with Gasteiger partial charge in [-0.25, -0.2) is 0 Å². The van der Waals surface area contributed by atoms with Crippen LogP contribution in [0.2, 0.25) is 0 Å². The molecule has 0 aromatic carbocycles. The minimum Gasteiger partial charge on any atom is -0.759 e. The van der Waals surface area contributed by atoms with Crippen LogP contribution >= 0.6 is 0 Å². The van der Waals surface area contributed by atoms with E-state index in [9.17, 15) is 20.4 Å². The Kier molecular flexibility index (Phi) is 53.7. The lowest BCUT2D eigenvalue weighted by atomic mass is 10.0. The summed E-state index contributed by atoms with van der Waals surface area (Å²) in [6, 6.07) is 0. The Hall–Kier alpha value is -0.450. The molecule has 0 amide bonds. The molecule has 372 valence electrons. The minimum absolute atomic E-state index is 0.0688. The fraction of sp³-hybridized carbons (Fsp3) is 1.00. The summed E-state index contributed by atoms with van der Waals surface area (Å²) in [5.41, 5.74) is 0. The second kappa shape index (κ2) is 50.5. The van der Waals surface area contributed by atoms with Crippen LogP contribution in [0.1, 0.15) is 232 Å². The molecular weight excluding hydrogens is 797 g/mol. The number of rotatable bonds is 46. The smallest absolute Gasteiger partial charge is 0.180 e. The van der Waals surface area contributed by atoms with Gasteiger partial charge in [0, 0.05) is 36.5 Å². The van der Waals surface area contributed by atoms with E-state index in [0.717, 1.165) is 39.0 Å². The number of nitrogens with zero attached hydrogens (tertiary/aromatic N) is 2. The summed E-state index contributed by atoms with van der Waals surface area (Å²) in [6.45, 7) is 9.74. The predicted octanol–water partition coefficient (Wildman–Crippen LogP) is 9.44. The van der Waals surface area contributed by atoms with Crippen LogP contribution in [0, 0.1) is 0 Å². The van der Waals surface area contributed by atoms with Crippen molar-refractivity contribution in [2.45, 2.75) is 232 Å². The molecule has 61 heavy (non-hydrogen) atoms. The highest BCUT2D eigenvalue weighted by molar-refractivity contribution is 7.79. The van der Waals surface area contributed by atoms with Gasteiger partial charge in [0.2, 0.25) is 0 Å². The highest BCUT2D eigenvalue weighted by atomic mass is 32.3. The Labute approximate surface area is 377 Å². The van der Waals surface area contributed by atoms with Crippen molar-refractivity contribution in [2.24, 2.45) is 0 Å². The lowest BCUT2D eigenvalue weighted by Gasteiger charge is -2.36. The highest BCUT2D eigenvalue weighted by Crippen LogP contribution is 2.17. The molecule has 0 saturated carbocycles. The quantitative estimate of drug-likeness (QED) is 0.0112. The van der Waals surface area contributed by atoms with Gasteiger partial charge in [-0.2, -0.15) is 0 Å². The van der Waals surface area contributed by atoms with Crippen molar-refractivity contribution in [3.8, 4) is 0 Å². The summed E-state index contributed by atoms with van der Waals surface area (Å²) >= 11 is 0. The Morgan fingerprint density at radius 1 is 0.295 bits per heavy atom. The number of aliphatic hydroxyl groups is 6. The first-order valence-corrected chi connectivity index (χ1v) is 26.8. The summed E-state index contributed by atoms with van der Waals surface area (Å²) in [5.74, 6) is 0. The maximum absolute atomic E-state index is 9.74. The van der Waals surface area contributed by atoms with Gasteiger partial charge in [-0.1, -0.05) is 194 Å². The summed E-state index contributed by atoms with van der Waals surface area (Å²) in [5, 5.41) is 56.1. The average molecular weight is 901 g/mol. The van der Waals surface area contributed by atoms with Crippen LogP contribution in [-0.4, -0.2) is 136 Å². The number of unbranched alkanes of at least 4 members (excludes halogenated alkanes) is 30. The van der Waals surface area contributed by atoms with Crippen molar-refractivity contribution in [3.63, 3.8) is 0 Å². The maximum Gasteiger partial charge on any atom is 0.180 e. The molecule has 0 rings (SSSR count). The molecule has 0 aliphatic heterocycles. The fourth-order valence-corrected chi connectivity index (χ4v) is 8.32. The molecule has 12 nitrogen and oxygen atoms in total. The molecule has 6 N–H and O–H groups in total. The zero-order chi connectivity index (χ0) is 46.0. The Morgan fingerprint density at radius 2 is 0.475 bits per heavy atom. The second-order valence-corrected chi connectivity index (χ2v) is 18.7. The first-order valence-electron chi connectivity index (χ1n) is 25.5. The summed E-state index contributed by atoms with van der Waals surface area (Å²) in [6.07, 6.45) is 45.1. The third kappa shape index (κ3) is 52.1. The van der Waals surface area contributed by atoms with Gasteiger partial charge in [0.25, 0.3) is 0 Å². The topological polar surface area (TPSA) is 202 Å². The largest absolute Gasteiger partial charge is 0.759 e. The maximum atomic E-state index is 9.74. The zero-order valence-corrected chi connectivity index (χ0v) is 41.0. The molecule has 0 aliphatic rings. The predicted molar refractivity (Wildman–Crippen MR) is 251 cm³/mol. The Balaban J connectivity index is -0.000000991. The van der Waals surface area contributed by atoms with E-state index in [4.69, 9.17) is 27.7 Å². The van der Waals surface area contributed by atoms with Gasteiger partial charge in [0.05, 0.1) is 39.4 Å². The van der Waals surface area contributed by atoms with Crippen LogP contribution in [0.15, 0.2) is 0 Å². The van der Waals surface area contributed by atoms with Crippen LogP contribution in [-0.2, 0) is 10.4 Å². The van der Waals surface area contributed by atoms with E-state index in [1.807, 2.05) is 0 Å². The van der Waals surface area contributed by atoms with Crippen molar-refractivity contribution < 1.29 is 57.1 Å². The van der Waals surface area contributed by atoms with Crippen molar-refractivity contribution in [3.05, 3.63) is 0 Å².